The van der Waals surface area contributed by atoms with Crippen LogP contribution in [0.25, 0.3) is 21.7 Å². The summed E-state index contributed by atoms with van der Waals surface area (Å²) < 4.78 is 7.33. The van der Waals surface area contributed by atoms with Gasteiger partial charge in [0, 0.05) is 11.9 Å². The van der Waals surface area contributed by atoms with Gasteiger partial charge in [-0.2, -0.15) is 0 Å². The van der Waals surface area contributed by atoms with Gasteiger partial charge in [-0.15, -0.1) is 10.2 Å². The molecule has 0 saturated carbocycles. The lowest BCUT2D eigenvalue weighted by molar-refractivity contribution is -0.120. The summed E-state index contributed by atoms with van der Waals surface area (Å²) >= 11 is 0. The fourth-order valence-corrected chi connectivity index (χ4v) is 3.36. The van der Waals surface area contributed by atoms with E-state index in [9.17, 15) is 9.90 Å². The second-order valence-electron chi connectivity index (χ2n) is 6.73. The predicted octanol–water partition coefficient (Wildman–Crippen LogP) is 5.60. The number of benzene rings is 3. The summed E-state index contributed by atoms with van der Waals surface area (Å²) in [4.78, 5) is 12.2. The standard InChI is InChI=1S/C23H21N3O3/c1-2-13-26-20-10-6-5-9-19(20)22(23(26)28)25-24-21(27)15-29-18-12-11-16-7-3-4-8-17(16)14-18/h3-12,14,28H,2,13,15H2,1H3. The van der Waals surface area contributed by atoms with Crippen LogP contribution in [0.15, 0.2) is 77.0 Å². The molecule has 1 amide bonds. The summed E-state index contributed by atoms with van der Waals surface area (Å²) in [6, 6.07) is 21.1. The Morgan fingerprint density at radius 1 is 1.03 bits per heavy atom. The van der Waals surface area contributed by atoms with E-state index in [0.717, 1.165) is 28.1 Å². The average molecular weight is 387 g/mol. The molecule has 1 aromatic heterocycles. The number of rotatable bonds is 6. The molecule has 0 atom stereocenters. The second kappa shape index (κ2) is 8.14. The fourth-order valence-electron chi connectivity index (χ4n) is 3.36. The Bertz CT molecular complexity index is 1210. The van der Waals surface area contributed by atoms with Crippen LogP contribution in [0.2, 0.25) is 0 Å². The van der Waals surface area contributed by atoms with Gasteiger partial charge in [0.05, 0.1) is 5.52 Å². The third kappa shape index (κ3) is 3.82. The fraction of sp³-hybridized carbons (Fsp3) is 0.174. The normalized spacial score (nSPS) is 11.5. The first kappa shape index (κ1) is 18.7. The van der Waals surface area contributed by atoms with Gasteiger partial charge in [0.2, 0.25) is 5.88 Å². The molecule has 6 nitrogen and oxygen atoms in total. The highest BCUT2D eigenvalue weighted by Gasteiger charge is 2.16. The van der Waals surface area contributed by atoms with Gasteiger partial charge < -0.3 is 14.4 Å². The maximum Gasteiger partial charge on any atom is 0.302 e. The molecule has 1 N–H and O–H groups in total. The molecule has 0 bridgehead atoms. The van der Waals surface area contributed by atoms with Gasteiger partial charge in [0.25, 0.3) is 0 Å². The maximum atomic E-state index is 12.2. The minimum Gasteiger partial charge on any atom is -0.493 e. The topological polar surface area (TPSA) is 76.2 Å². The van der Waals surface area contributed by atoms with Crippen molar-refractivity contribution in [3.05, 3.63) is 66.7 Å². The highest BCUT2D eigenvalue weighted by atomic mass is 16.5. The van der Waals surface area contributed by atoms with Crippen molar-refractivity contribution in [3.8, 4) is 11.6 Å². The third-order valence-electron chi connectivity index (χ3n) is 4.71. The van der Waals surface area contributed by atoms with Crippen molar-refractivity contribution in [2.24, 2.45) is 10.2 Å². The zero-order valence-electron chi connectivity index (χ0n) is 16.1. The number of hydrogen-bond acceptors (Lipinski definition) is 4. The third-order valence-corrected chi connectivity index (χ3v) is 4.71. The number of fused-ring (bicyclic) bond motifs is 2. The van der Waals surface area contributed by atoms with Crippen LogP contribution in [-0.4, -0.2) is 22.2 Å². The highest BCUT2D eigenvalue weighted by Crippen LogP contribution is 2.38. The number of hydrogen-bond donors (Lipinski definition) is 1. The molecule has 146 valence electrons. The number of aromatic hydroxyl groups is 1. The van der Waals surface area contributed by atoms with Gasteiger partial charge >= 0.3 is 5.91 Å². The van der Waals surface area contributed by atoms with E-state index in [2.05, 4.69) is 10.2 Å². The van der Waals surface area contributed by atoms with Crippen LogP contribution in [0.3, 0.4) is 0 Å². The van der Waals surface area contributed by atoms with Crippen LogP contribution in [0.4, 0.5) is 5.69 Å². The number of carbonyl (C=O) groups excluding carboxylic acids is 1. The first-order valence-corrected chi connectivity index (χ1v) is 9.53. The smallest absolute Gasteiger partial charge is 0.302 e. The van der Waals surface area contributed by atoms with Crippen molar-refractivity contribution in [1.82, 2.24) is 4.57 Å². The number of amides is 1. The minimum absolute atomic E-state index is 0.0139. The van der Waals surface area contributed by atoms with Crippen LogP contribution < -0.4 is 4.74 Å². The van der Waals surface area contributed by atoms with Gasteiger partial charge in [-0.1, -0.05) is 55.5 Å². The van der Waals surface area contributed by atoms with Crippen molar-refractivity contribution in [2.75, 3.05) is 6.61 Å². The number of aryl methyl sites for hydroxylation is 1. The number of azo groups is 1. The average Bonchev–Trinajstić information content (AvgIpc) is 3.02. The highest BCUT2D eigenvalue weighted by molar-refractivity contribution is 5.95. The van der Waals surface area contributed by atoms with Crippen molar-refractivity contribution >= 4 is 33.3 Å². The van der Waals surface area contributed by atoms with E-state index in [1.54, 1.807) is 4.57 Å². The molecule has 0 spiro atoms. The molecule has 0 aliphatic heterocycles. The van der Waals surface area contributed by atoms with Crippen molar-refractivity contribution < 1.29 is 14.6 Å². The van der Waals surface area contributed by atoms with Gasteiger partial charge in [-0.25, -0.2) is 0 Å². The molecule has 0 aliphatic rings. The van der Waals surface area contributed by atoms with E-state index in [0.29, 0.717) is 18.0 Å². The largest absolute Gasteiger partial charge is 0.493 e. The number of nitrogens with zero attached hydrogens (tertiary/aromatic N) is 3. The van der Waals surface area contributed by atoms with Crippen LogP contribution >= 0.6 is 0 Å². The Hall–Kier alpha value is -3.67. The molecule has 6 heteroatoms. The van der Waals surface area contributed by atoms with Crippen LogP contribution in [0.1, 0.15) is 13.3 Å². The van der Waals surface area contributed by atoms with E-state index >= 15 is 0 Å². The number of aromatic nitrogens is 1. The van der Waals surface area contributed by atoms with Crippen LogP contribution in [0.5, 0.6) is 11.6 Å². The Labute approximate surface area is 168 Å². The number of carbonyl (C=O) groups is 1. The summed E-state index contributed by atoms with van der Waals surface area (Å²) in [5.41, 5.74) is 1.16. The Morgan fingerprint density at radius 2 is 1.79 bits per heavy atom. The molecule has 4 rings (SSSR count). The molecule has 0 aliphatic carbocycles. The lowest BCUT2D eigenvalue weighted by Gasteiger charge is -2.05. The molecule has 0 radical (unpaired) electrons. The molecular weight excluding hydrogens is 366 g/mol. The lowest BCUT2D eigenvalue weighted by Crippen LogP contribution is -2.07. The Kier molecular flexibility index (Phi) is 5.24. The molecule has 0 fully saturated rings. The summed E-state index contributed by atoms with van der Waals surface area (Å²) in [5.74, 6) is 0.0829. The maximum absolute atomic E-state index is 12.2. The monoisotopic (exact) mass is 387 g/mol. The van der Waals surface area contributed by atoms with Crippen LogP contribution in [-0.2, 0) is 11.3 Å². The van der Waals surface area contributed by atoms with E-state index in [1.165, 1.54) is 0 Å². The summed E-state index contributed by atoms with van der Waals surface area (Å²) in [6.07, 6.45) is 0.862. The van der Waals surface area contributed by atoms with E-state index in [4.69, 9.17) is 4.74 Å². The minimum atomic E-state index is -0.523. The molecule has 4 aromatic rings. The first-order chi connectivity index (χ1) is 14.2. The van der Waals surface area contributed by atoms with Gasteiger partial charge in [-0.05, 0) is 35.4 Å². The van der Waals surface area contributed by atoms with Gasteiger partial charge in [0.1, 0.15) is 5.75 Å². The SMILES string of the molecule is CCCn1c(O)c(N=NC(=O)COc2ccc3ccccc3c2)c2ccccc21. The molecule has 0 unspecified atom stereocenters. The Morgan fingerprint density at radius 3 is 2.62 bits per heavy atom. The van der Waals surface area contributed by atoms with E-state index < -0.39 is 5.91 Å². The quantitative estimate of drug-likeness (QED) is 0.438. The first-order valence-electron chi connectivity index (χ1n) is 9.53. The number of ether oxygens (including phenoxy) is 1. The molecular formula is C23H21N3O3. The van der Waals surface area contributed by atoms with Crippen molar-refractivity contribution in [3.63, 3.8) is 0 Å². The molecule has 3 aromatic carbocycles. The zero-order valence-corrected chi connectivity index (χ0v) is 16.1. The summed E-state index contributed by atoms with van der Waals surface area (Å²) in [5, 5.41) is 21.2. The van der Waals surface area contributed by atoms with Crippen LogP contribution in [0, 0.1) is 0 Å². The predicted molar refractivity (Wildman–Crippen MR) is 113 cm³/mol. The van der Waals surface area contributed by atoms with Gasteiger partial charge in [-0.3, -0.25) is 4.79 Å². The molecule has 1 heterocycles. The summed E-state index contributed by atoms with van der Waals surface area (Å²) in [7, 11) is 0. The van der Waals surface area contributed by atoms with E-state index in [-0.39, 0.29) is 12.5 Å². The molecule has 0 saturated heterocycles. The lowest BCUT2D eigenvalue weighted by atomic mass is 10.1. The zero-order chi connectivity index (χ0) is 20.2. The van der Waals surface area contributed by atoms with E-state index in [1.807, 2.05) is 73.7 Å². The Balaban J connectivity index is 1.50. The van der Waals surface area contributed by atoms with Crippen molar-refractivity contribution in [2.45, 2.75) is 19.9 Å². The number of para-hydroxylation sites is 1. The molecule has 29 heavy (non-hydrogen) atoms. The van der Waals surface area contributed by atoms with Gasteiger partial charge in [0.15, 0.2) is 12.3 Å². The van der Waals surface area contributed by atoms with Crippen molar-refractivity contribution in [1.29, 1.82) is 0 Å². The second-order valence-corrected chi connectivity index (χ2v) is 6.73. The summed E-state index contributed by atoms with van der Waals surface area (Å²) in [6.45, 7) is 2.46.